The van der Waals surface area contributed by atoms with E-state index in [2.05, 4.69) is 73.5 Å². The fourth-order valence-corrected chi connectivity index (χ4v) is 2.52. The minimum atomic E-state index is 0.835. The molecule has 96 valence electrons. The van der Waals surface area contributed by atoms with Crippen LogP contribution in [0, 0.1) is 7.40 Å². The Kier molecular flexibility index (Phi) is 5.37. The SMILES string of the molecule is CCCNCc1cccnc1-n1cnc(I)c1I. The standard InChI is InChI=1S/C12H14I2N4/c1-2-5-15-7-9-4-3-6-16-12(9)18-8-17-10(13)11(18)14/h3-4,6,8,15H,2,5,7H2,1H3. The summed E-state index contributed by atoms with van der Waals surface area (Å²) < 4.78 is 4.14. The van der Waals surface area contributed by atoms with E-state index >= 15 is 0 Å². The Balaban J connectivity index is 2.30. The zero-order valence-corrected chi connectivity index (χ0v) is 14.3. The predicted octanol–water partition coefficient (Wildman–Crippen LogP) is 2.98. The maximum absolute atomic E-state index is 4.48. The monoisotopic (exact) mass is 468 g/mol. The molecule has 0 fully saturated rings. The lowest BCUT2D eigenvalue weighted by atomic mass is 10.2. The van der Waals surface area contributed by atoms with Gasteiger partial charge in [-0.15, -0.1) is 0 Å². The number of imidazole rings is 1. The van der Waals surface area contributed by atoms with Crippen molar-refractivity contribution in [2.75, 3.05) is 6.54 Å². The summed E-state index contributed by atoms with van der Waals surface area (Å²) >= 11 is 4.53. The number of aromatic nitrogens is 3. The van der Waals surface area contributed by atoms with E-state index in [1.54, 1.807) is 0 Å². The van der Waals surface area contributed by atoms with Gasteiger partial charge in [0.25, 0.3) is 0 Å². The van der Waals surface area contributed by atoms with Crippen LogP contribution in [0.2, 0.25) is 0 Å². The molecule has 0 aromatic carbocycles. The Hall–Kier alpha value is -0.220. The van der Waals surface area contributed by atoms with Crippen molar-refractivity contribution in [3.05, 3.63) is 37.6 Å². The highest BCUT2D eigenvalue weighted by Gasteiger charge is 2.11. The van der Waals surface area contributed by atoms with Crippen LogP contribution in [0.15, 0.2) is 24.7 Å². The molecule has 1 N–H and O–H groups in total. The highest BCUT2D eigenvalue weighted by molar-refractivity contribution is 14.1. The number of nitrogens with zero attached hydrogens (tertiary/aromatic N) is 3. The second-order valence-corrected chi connectivity index (χ2v) is 5.90. The van der Waals surface area contributed by atoms with Crippen molar-refractivity contribution in [2.45, 2.75) is 19.9 Å². The molecule has 2 rings (SSSR count). The van der Waals surface area contributed by atoms with Gasteiger partial charge in [-0.25, -0.2) is 9.97 Å². The van der Waals surface area contributed by atoms with Crippen LogP contribution in [0.1, 0.15) is 18.9 Å². The van der Waals surface area contributed by atoms with Crippen molar-refractivity contribution in [1.82, 2.24) is 19.9 Å². The lowest BCUT2D eigenvalue weighted by Gasteiger charge is -2.10. The molecule has 0 radical (unpaired) electrons. The molecule has 0 saturated carbocycles. The minimum absolute atomic E-state index is 0.835. The normalized spacial score (nSPS) is 10.8. The Labute approximate surface area is 134 Å². The fraction of sp³-hybridized carbons (Fsp3) is 0.333. The van der Waals surface area contributed by atoms with Gasteiger partial charge in [-0.05, 0) is 64.2 Å². The van der Waals surface area contributed by atoms with Gasteiger partial charge in [0.2, 0.25) is 0 Å². The van der Waals surface area contributed by atoms with E-state index in [1.807, 2.05) is 23.2 Å². The van der Waals surface area contributed by atoms with Crippen molar-refractivity contribution in [2.24, 2.45) is 0 Å². The molecule has 0 unspecified atom stereocenters. The molecule has 0 aliphatic carbocycles. The van der Waals surface area contributed by atoms with Gasteiger partial charge in [-0.1, -0.05) is 13.0 Å². The molecule has 2 aromatic rings. The number of hydrogen-bond acceptors (Lipinski definition) is 3. The largest absolute Gasteiger partial charge is 0.313 e. The third-order valence-corrected chi connectivity index (χ3v) is 5.36. The van der Waals surface area contributed by atoms with Gasteiger partial charge in [0.1, 0.15) is 19.5 Å². The van der Waals surface area contributed by atoms with Gasteiger partial charge in [0.15, 0.2) is 0 Å². The van der Waals surface area contributed by atoms with E-state index in [9.17, 15) is 0 Å². The number of rotatable bonds is 5. The summed E-state index contributed by atoms with van der Waals surface area (Å²) in [6.45, 7) is 4.02. The minimum Gasteiger partial charge on any atom is -0.313 e. The Morgan fingerprint density at radius 3 is 2.83 bits per heavy atom. The molecule has 2 heterocycles. The van der Waals surface area contributed by atoms with Gasteiger partial charge in [-0.3, -0.25) is 4.57 Å². The maximum atomic E-state index is 4.48. The Morgan fingerprint density at radius 2 is 2.17 bits per heavy atom. The predicted molar refractivity (Wildman–Crippen MR) is 88.8 cm³/mol. The average Bonchev–Trinajstić information content (AvgIpc) is 2.71. The fourth-order valence-electron chi connectivity index (χ4n) is 1.64. The van der Waals surface area contributed by atoms with Crippen LogP contribution in [-0.4, -0.2) is 21.1 Å². The molecule has 18 heavy (non-hydrogen) atoms. The van der Waals surface area contributed by atoms with Gasteiger partial charge in [-0.2, -0.15) is 0 Å². The third-order valence-electron chi connectivity index (χ3n) is 2.51. The third kappa shape index (κ3) is 3.21. The second-order valence-electron chi connectivity index (χ2n) is 3.86. The van der Waals surface area contributed by atoms with Gasteiger partial charge < -0.3 is 5.32 Å². The van der Waals surface area contributed by atoms with E-state index < -0.39 is 0 Å². The van der Waals surface area contributed by atoms with Crippen LogP contribution >= 0.6 is 45.2 Å². The summed E-state index contributed by atoms with van der Waals surface area (Å²) in [5.74, 6) is 0.959. The highest BCUT2D eigenvalue weighted by atomic mass is 127. The first-order valence-electron chi connectivity index (χ1n) is 5.77. The maximum Gasteiger partial charge on any atom is 0.143 e. The first-order valence-corrected chi connectivity index (χ1v) is 7.93. The number of pyridine rings is 1. The summed E-state index contributed by atoms with van der Waals surface area (Å²) in [5, 5.41) is 3.41. The van der Waals surface area contributed by atoms with Gasteiger partial charge in [0.05, 0.1) is 0 Å². The zero-order valence-electron chi connectivity index (χ0n) is 10.0. The summed E-state index contributed by atoms with van der Waals surface area (Å²) in [4.78, 5) is 8.79. The van der Waals surface area contributed by atoms with Crippen LogP contribution in [0.5, 0.6) is 0 Å². The van der Waals surface area contributed by atoms with Crippen molar-refractivity contribution >= 4 is 45.2 Å². The van der Waals surface area contributed by atoms with Gasteiger partial charge in [0, 0.05) is 18.3 Å². The molecular formula is C12H14I2N4. The molecule has 0 atom stereocenters. The topological polar surface area (TPSA) is 42.7 Å². The zero-order chi connectivity index (χ0) is 13.0. The van der Waals surface area contributed by atoms with E-state index in [0.717, 1.165) is 32.7 Å². The summed E-state index contributed by atoms with van der Waals surface area (Å²) in [6.07, 6.45) is 4.78. The van der Waals surface area contributed by atoms with E-state index in [-0.39, 0.29) is 0 Å². The van der Waals surface area contributed by atoms with Crippen LogP contribution in [-0.2, 0) is 6.54 Å². The highest BCUT2D eigenvalue weighted by Crippen LogP contribution is 2.19. The smallest absolute Gasteiger partial charge is 0.143 e. The van der Waals surface area contributed by atoms with Gasteiger partial charge >= 0.3 is 0 Å². The van der Waals surface area contributed by atoms with Crippen LogP contribution in [0.25, 0.3) is 5.82 Å². The van der Waals surface area contributed by atoms with Crippen molar-refractivity contribution in [3.63, 3.8) is 0 Å². The molecular weight excluding hydrogens is 454 g/mol. The average molecular weight is 468 g/mol. The van der Waals surface area contributed by atoms with Crippen molar-refractivity contribution < 1.29 is 0 Å². The number of halogens is 2. The van der Waals surface area contributed by atoms with E-state index in [1.165, 1.54) is 5.56 Å². The first kappa shape index (κ1) is 14.2. The number of nitrogens with one attached hydrogen (secondary N) is 1. The first-order chi connectivity index (χ1) is 8.74. The summed E-state index contributed by atoms with van der Waals surface area (Å²) in [5.41, 5.74) is 1.19. The molecule has 2 aromatic heterocycles. The summed E-state index contributed by atoms with van der Waals surface area (Å²) in [6, 6.07) is 4.08. The Morgan fingerprint density at radius 1 is 1.33 bits per heavy atom. The number of hydrogen-bond donors (Lipinski definition) is 1. The molecule has 6 heteroatoms. The summed E-state index contributed by atoms with van der Waals surface area (Å²) in [7, 11) is 0. The lowest BCUT2D eigenvalue weighted by molar-refractivity contribution is 0.670. The molecule has 0 aliphatic heterocycles. The lowest BCUT2D eigenvalue weighted by Crippen LogP contribution is -2.16. The molecule has 0 aliphatic rings. The quantitative estimate of drug-likeness (QED) is 0.543. The van der Waals surface area contributed by atoms with Crippen molar-refractivity contribution in [1.29, 1.82) is 0 Å². The van der Waals surface area contributed by atoms with Crippen LogP contribution in [0.3, 0.4) is 0 Å². The molecule has 0 amide bonds. The molecule has 0 saturated heterocycles. The Bertz CT molecular complexity index is 525. The van der Waals surface area contributed by atoms with Crippen molar-refractivity contribution in [3.8, 4) is 5.82 Å². The second kappa shape index (κ2) is 6.80. The van der Waals surface area contributed by atoms with Crippen LogP contribution < -0.4 is 5.32 Å². The molecule has 0 spiro atoms. The molecule has 4 nitrogen and oxygen atoms in total. The van der Waals surface area contributed by atoms with Crippen LogP contribution in [0.4, 0.5) is 0 Å². The van der Waals surface area contributed by atoms with E-state index in [4.69, 9.17) is 0 Å². The molecule has 0 bridgehead atoms. The van der Waals surface area contributed by atoms with E-state index in [0.29, 0.717) is 0 Å².